The number of aromatic nitrogens is 1. The monoisotopic (exact) mass is 240 g/mol. The summed E-state index contributed by atoms with van der Waals surface area (Å²) in [5.41, 5.74) is 3.88. The average Bonchev–Trinajstić information content (AvgIpc) is 2.40. The van der Waals surface area contributed by atoms with Gasteiger partial charge in [0.05, 0.1) is 5.69 Å². The minimum absolute atomic E-state index is 0.567. The van der Waals surface area contributed by atoms with Crippen LogP contribution in [0.25, 0.3) is 0 Å². The summed E-state index contributed by atoms with van der Waals surface area (Å²) in [6.07, 6.45) is 1.83. The van der Waals surface area contributed by atoms with Crippen LogP contribution in [0.3, 0.4) is 0 Å². The van der Waals surface area contributed by atoms with Gasteiger partial charge >= 0.3 is 0 Å². The molecule has 0 amide bonds. The van der Waals surface area contributed by atoms with Gasteiger partial charge in [0.1, 0.15) is 0 Å². The Bertz CT molecular complexity index is 477. The Morgan fingerprint density at radius 3 is 2.50 bits per heavy atom. The Labute approximate surface area is 109 Å². The number of benzene rings is 1. The maximum Gasteiger partial charge on any atom is 0.0541 e. The molecule has 0 saturated heterocycles. The van der Waals surface area contributed by atoms with Crippen molar-refractivity contribution in [3.8, 4) is 0 Å². The molecular formula is C16H20N2. The van der Waals surface area contributed by atoms with E-state index in [4.69, 9.17) is 0 Å². The molecule has 2 nitrogen and oxygen atoms in total. The fourth-order valence-electron chi connectivity index (χ4n) is 2.09. The van der Waals surface area contributed by atoms with E-state index in [0.717, 1.165) is 18.8 Å². The highest BCUT2D eigenvalue weighted by Crippen LogP contribution is 2.18. The second-order valence-electron chi connectivity index (χ2n) is 4.78. The summed E-state index contributed by atoms with van der Waals surface area (Å²) < 4.78 is 0. The minimum atomic E-state index is 0.567. The standard InChI is InChI=1S/C16H20N2/c1-13(2)16-9-4-3-7-14(16)11-17-12-15-8-5-6-10-18-15/h3-10,13,17H,11-12H2,1-2H3. The van der Waals surface area contributed by atoms with Crippen molar-refractivity contribution in [2.24, 2.45) is 0 Å². The first-order chi connectivity index (χ1) is 8.77. The molecule has 1 aromatic heterocycles. The summed E-state index contributed by atoms with van der Waals surface area (Å²) in [7, 11) is 0. The summed E-state index contributed by atoms with van der Waals surface area (Å²) in [5.74, 6) is 0.567. The minimum Gasteiger partial charge on any atom is -0.307 e. The Kier molecular flexibility index (Phi) is 4.48. The molecule has 1 N–H and O–H groups in total. The summed E-state index contributed by atoms with van der Waals surface area (Å²) in [4.78, 5) is 4.30. The third-order valence-electron chi connectivity index (χ3n) is 3.02. The molecule has 2 rings (SSSR count). The molecule has 1 heterocycles. The van der Waals surface area contributed by atoms with Crippen LogP contribution in [0.5, 0.6) is 0 Å². The lowest BCUT2D eigenvalue weighted by Crippen LogP contribution is -2.15. The van der Waals surface area contributed by atoms with Gasteiger partial charge in [-0.25, -0.2) is 0 Å². The van der Waals surface area contributed by atoms with E-state index in [9.17, 15) is 0 Å². The molecule has 0 bridgehead atoms. The second kappa shape index (κ2) is 6.31. The summed E-state index contributed by atoms with van der Waals surface area (Å²) in [5, 5.41) is 3.45. The predicted molar refractivity (Wildman–Crippen MR) is 75.3 cm³/mol. The topological polar surface area (TPSA) is 24.9 Å². The zero-order valence-electron chi connectivity index (χ0n) is 11.1. The van der Waals surface area contributed by atoms with Crippen LogP contribution in [0.1, 0.15) is 36.6 Å². The Hall–Kier alpha value is -1.67. The summed E-state index contributed by atoms with van der Waals surface area (Å²) >= 11 is 0. The molecule has 0 fully saturated rings. The van der Waals surface area contributed by atoms with Crippen LogP contribution in [0.15, 0.2) is 48.7 Å². The molecule has 0 atom stereocenters. The van der Waals surface area contributed by atoms with Gasteiger partial charge in [0.15, 0.2) is 0 Å². The molecule has 0 aliphatic rings. The Morgan fingerprint density at radius 1 is 1.00 bits per heavy atom. The van der Waals surface area contributed by atoms with Crippen LogP contribution in [0.4, 0.5) is 0 Å². The van der Waals surface area contributed by atoms with E-state index in [-0.39, 0.29) is 0 Å². The van der Waals surface area contributed by atoms with E-state index in [2.05, 4.69) is 48.4 Å². The highest BCUT2D eigenvalue weighted by molar-refractivity contribution is 5.29. The van der Waals surface area contributed by atoms with E-state index >= 15 is 0 Å². The largest absolute Gasteiger partial charge is 0.307 e. The van der Waals surface area contributed by atoms with Crippen molar-refractivity contribution >= 4 is 0 Å². The van der Waals surface area contributed by atoms with E-state index in [0.29, 0.717) is 5.92 Å². The molecule has 18 heavy (non-hydrogen) atoms. The molecule has 0 aliphatic carbocycles. The number of nitrogens with one attached hydrogen (secondary N) is 1. The van der Waals surface area contributed by atoms with Gasteiger partial charge in [-0.3, -0.25) is 4.98 Å². The number of pyridine rings is 1. The van der Waals surface area contributed by atoms with Gasteiger partial charge in [-0.15, -0.1) is 0 Å². The van der Waals surface area contributed by atoms with Gasteiger partial charge in [-0.1, -0.05) is 44.2 Å². The van der Waals surface area contributed by atoms with Gasteiger partial charge in [0.25, 0.3) is 0 Å². The first kappa shape index (κ1) is 12.8. The second-order valence-corrected chi connectivity index (χ2v) is 4.78. The molecule has 2 heteroatoms. The number of hydrogen-bond acceptors (Lipinski definition) is 2. The van der Waals surface area contributed by atoms with Gasteiger partial charge in [0, 0.05) is 19.3 Å². The van der Waals surface area contributed by atoms with Crippen LogP contribution in [-0.4, -0.2) is 4.98 Å². The Morgan fingerprint density at radius 2 is 1.78 bits per heavy atom. The van der Waals surface area contributed by atoms with Crippen molar-refractivity contribution in [1.82, 2.24) is 10.3 Å². The van der Waals surface area contributed by atoms with E-state index in [1.807, 2.05) is 24.4 Å². The highest BCUT2D eigenvalue weighted by atomic mass is 14.9. The van der Waals surface area contributed by atoms with Crippen LogP contribution in [-0.2, 0) is 13.1 Å². The molecule has 1 aromatic carbocycles. The van der Waals surface area contributed by atoms with Crippen LogP contribution >= 0.6 is 0 Å². The molecule has 2 aromatic rings. The number of nitrogens with zero attached hydrogens (tertiary/aromatic N) is 1. The number of hydrogen-bond donors (Lipinski definition) is 1. The van der Waals surface area contributed by atoms with Crippen molar-refractivity contribution in [2.45, 2.75) is 32.9 Å². The average molecular weight is 240 g/mol. The summed E-state index contributed by atoms with van der Waals surface area (Å²) in [6.45, 7) is 6.17. The predicted octanol–water partition coefficient (Wildman–Crippen LogP) is 3.49. The van der Waals surface area contributed by atoms with Crippen LogP contribution in [0.2, 0.25) is 0 Å². The number of rotatable bonds is 5. The van der Waals surface area contributed by atoms with Crippen molar-refractivity contribution in [1.29, 1.82) is 0 Å². The molecule has 94 valence electrons. The zero-order valence-corrected chi connectivity index (χ0v) is 11.1. The van der Waals surface area contributed by atoms with Gasteiger partial charge in [-0.2, -0.15) is 0 Å². The lowest BCUT2D eigenvalue weighted by Gasteiger charge is -2.13. The molecular weight excluding hydrogens is 220 g/mol. The lowest BCUT2D eigenvalue weighted by molar-refractivity contribution is 0.669. The van der Waals surface area contributed by atoms with Gasteiger partial charge < -0.3 is 5.32 Å². The van der Waals surface area contributed by atoms with Gasteiger partial charge in [-0.05, 0) is 29.2 Å². The first-order valence-corrected chi connectivity index (χ1v) is 6.46. The maximum absolute atomic E-state index is 4.30. The van der Waals surface area contributed by atoms with Crippen molar-refractivity contribution in [2.75, 3.05) is 0 Å². The van der Waals surface area contributed by atoms with Crippen molar-refractivity contribution in [3.63, 3.8) is 0 Å². The van der Waals surface area contributed by atoms with Gasteiger partial charge in [0.2, 0.25) is 0 Å². The third-order valence-corrected chi connectivity index (χ3v) is 3.02. The smallest absolute Gasteiger partial charge is 0.0541 e. The molecule has 0 aliphatic heterocycles. The van der Waals surface area contributed by atoms with Crippen molar-refractivity contribution < 1.29 is 0 Å². The fraction of sp³-hybridized carbons (Fsp3) is 0.312. The molecule has 0 unspecified atom stereocenters. The molecule has 0 radical (unpaired) electrons. The quantitative estimate of drug-likeness (QED) is 0.865. The third kappa shape index (κ3) is 3.41. The first-order valence-electron chi connectivity index (χ1n) is 6.46. The molecule has 0 spiro atoms. The Balaban J connectivity index is 1.94. The summed E-state index contributed by atoms with van der Waals surface area (Å²) in [6, 6.07) is 14.6. The SMILES string of the molecule is CC(C)c1ccccc1CNCc1ccccn1. The fourth-order valence-corrected chi connectivity index (χ4v) is 2.09. The van der Waals surface area contributed by atoms with E-state index in [1.165, 1.54) is 11.1 Å². The maximum atomic E-state index is 4.30. The van der Waals surface area contributed by atoms with E-state index < -0.39 is 0 Å². The lowest BCUT2D eigenvalue weighted by atomic mass is 9.97. The van der Waals surface area contributed by atoms with Crippen LogP contribution < -0.4 is 5.32 Å². The van der Waals surface area contributed by atoms with Crippen LogP contribution in [0, 0.1) is 0 Å². The normalized spacial score (nSPS) is 10.8. The van der Waals surface area contributed by atoms with E-state index in [1.54, 1.807) is 0 Å². The highest BCUT2D eigenvalue weighted by Gasteiger charge is 2.04. The zero-order chi connectivity index (χ0) is 12.8. The van der Waals surface area contributed by atoms with Crippen molar-refractivity contribution in [3.05, 3.63) is 65.5 Å². The molecule has 0 saturated carbocycles.